The maximum absolute atomic E-state index is 12.4. The molecule has 7 nitrogen and oxygen atoms in total. The van der Waals surface area contributed by atoms with E-state index >= 15 is 0 Å². The summed E-state index contributed by atoms with van der Waals surface area (Å²) in [6.45, 7) is 4.70. The maximum Gasteiger partial charge on any atom is 0.221 e. The number of carbonyl (C=O) groups excluding carboxylic acids is 1. The minimum atomic E-state index is 0. The Bertz CT molecular complexity index is 624. The van der Waals surface area contributed by atoms with Gasteiger partial charge in [0.2, 0.25) is 5.91 Å². The first kappa shape index (κ1) is 25.8. The molecule has 2 aliphatic heterocycles. The number of benzene rings is 1. The molecule has 0 spiro atoms. The van der Waals surface area contributed by atoms with Crippen LogP contribution in [0, 0.1) is 0 Å². The van der Waals surface area contributed by atoms with Crippen molar-refractivity contribution in [3.63, 3.8) is 0 Å². The van der Waals surface area contributed by atoms with E-state index < -0.39 is 0 Å². The third-order valence-corrected chi connectivity index (χ3v) is 5.37. The Balaban J connectivity index is 0.00000210. The Morgan fingerprint density at radius 3 is 2.59 bits per heavy atom. The van der Waals surface area contributed by atoms with Gasteiger partial charge in [0, 0.05) is 32.1 Å². The van der Waals surface area contributed by atoms with Crippen molar-refractivity contribution in [2.45, 2.75) is 31.3 Å². The number of nitrogens with zero attached hydrogens (tertiary/aromatic N) is 1. The molecule has 2 fully saturated rings. The number of hydrogen-bond donors (Lipinski definition) is 2. The molecule has 0 radical (unpaired) electrons. The second-order valence-electron chi connectivity index (χ2n) is 7.08. The average molecular weight is 450 g/mol. The summed E-state index contributed by atoms with van der Waals surface area (Å²) < 4.78 is 16.3. The minimum absolute atomic E-state index is 0. The fraction of sp³-hybridized carbons (Fsp3) is 0.650. The van der Waals surface area contributed by atoms with E-state index in [1.165, 1.54) is 0 Å². The van der Waals surface area contributed by atoms with Crippen LogP contribution in [-0.2, 0) is 9.53 Å². The molecule has 0 saturated carbocycles. The lowest BCUT2D eigenvalue weighted by molar-refractivity contribution is -0.121. The van der Waals surface area contributed by atoms with Crippen LogP contribution in [0.5, 0.6) is 11.5 Å². The van der Waals surface area contributed by atoms with E-state index in [2.05, 4.69) is 15.5 Å². The third-order valence-electron chi connectivity index (χ3n) is 5.37. The number of carbonyl (C=O) groups is 1. The van der Waals surface area contributed by atoms with Crippen LogP contribution in [0.15, 0.2) is 18.2 Å². The first-order chi connectivity index (χ1) is 13.2. The van der Waals surface area contributed by atoms with Gasteiger partial charge in [-0.05, 0) is 37.1 Å². The van der Waals surface area contributed by atoms with Crippen LogP contribution in [0.4, 0.5) is 0 Å². The lowest BCUT2D eigenvalue weighted by Crippen LogP contribution is -2.44. The van der Waals surface area contributed by atoms with Crippen LogP contribution >= 0.6 is 24.8 Å². The number of ether oxygens (including phenoxy) is 3. The van der Waals surface area contributed by atoms with Gasteiger partial charge in [0.1, 0.15) is 0 Å². The molecule has 29 heavy (non-hydrogen) atoms. The van der Waals surface area contributed by atoms with Crippen molar-refractivity contribution in [2.75, 3.05) is 53.6 Å². The smallest absolute Gasteiger partial charge is 0.221 e. The van der Waals surface area contributed by atoms with Crippen LogP contribution in [-0.4, -0.2) is 70.5 Å². The first-order valence-electron chi connectivity index (χ1n) is 9.75. The molecule has 2 saturated heterocycles. The zero-order valence-corrected chi connectivity index (χ0v) is 18.8. The quantitative estimate of drug-likeness (QED) is 0.633. The summed E-state index contributed by atoms with van der Waals surface area (Å²) in [5.41, 5.74) is 1.11. The lowest BCUT2D eigenvalue weighted by Gasteiger charge is -2.35. The summed E-state index contributed by atoms with van der Waals surface area (Å²) in [7, 11) is 3.27. The number of methoxy groups -OCH3 is 2. The molecule has 166 valence electrons. The standard InChI is InChI=1S/C20H31N3O4.2ClH/c1-25-18-6-5-15(12-19(18)26-2)17(23-8-10-27-11-9-23)14-22-20(24)13-16-4-3-7-21-16;;/h5-6,12,16-17,21H,3-4,7-11,13-14H2,1-2H3,(H,22,24);2*1H. The van der Waals surface area contributed by atoms with Crippen molar-refractivity contribution in [2.24, 2.45) is 0 Å². The normalized spacial score (nSPS) is 20.1. The molecule has 0 bridgehead atoms. The molecule has 9 heteroatoms. The fourth-order valence-corrected chi connectivity index (χ4v) is 3.84. The van der Waals surface area contributed by atoms with Crippen molar-refractivity contribution in [1.82, 2.24) is 15.5 Å². The summed E-state index contributed by atoms with van der Waals surface area (Å²) in [4.78, 5) is 14.8. The number of halogens is 2. The molecule has 2 N–H and O–H groups in total. The zero-order chi connectivity index (χ0) is 19.1. The number of nitrogens with one attached hydrogen (secondary N) is 2. The van der Waals surface area contributed by atoms with Crippen LogP contribution in [0.1, 0.15) is 30.9 Å². The summed E-state index contributed by atoms with van der Waals surface area (Å²) in [6.07, 6.45) is 2.78. The zero-order valence-electron chi connectivity index (χ0n) is 17.1. The van der Waals surface area contributed by atoms with E-state index in [9.17, 15) is 4.79 Å². The van der Waals surface area contributed by atoms with Gasteiger partial charge in [0.05, 0.1) is 33.5 Å². The van der Waals surface area contributed by atoms with Gasteiger partial charge in [-0.15, -0.1) is 24.8 Å². The van der Waals surface area contributed by atoms with Crippen LogP contribution in [0.3, 0.4) is 0 Å². The van der Waals surface area contributed by atoms with E-state index in [1.54, 1.807) is 14.2 Å². The highest BCUT2D eigenvalue weighted by Crippen LogP contribution is 2.32. The Hall–Kier alpha value is -1.25. The molecular weight excluding hydrogens is 417 g/mol. The summed E-state index contributed by atoms with van der Waals surface area (Å²) >= 11 is 0. The Morgan fingerprint density at radius 1 is 1.24 bits per heavy atom. The summed E-state index contributed by atoms with van der Waals surface area (Å²) in [5.74, 6) is 1.51. The van der Waals surface area contributed by atoms with E-state index in [4.69, 9.17) is 14.2 Å². The monoisotopic (exact) mass is 449 g/mol. The molecule has 2 unspecified atom stereocenters. The lowest BCUT2D eigenvalue weighted by atomic mass is 10.0. The van der Waals surface area contributed by atoms with Crippen molar-refractivity contribution in [1.29, 1.82) is 0 Å². The Labute approximate surface area is 185 Å². The van der Waals surface area contributed by atoms with Crippen LogP contribution in [0.2, 0.25) is 0 Å². The minimum Gasteiger partial charge on any atom is -0.493 e. The van der Waals surface area contributed by atoms with E-state index in [0.29, 0.717) is 43.7 Å². The van der Waals surface area contributed by atoms with Crippen molar-refractivity contribution >= 4 is 30.7 Å². The number of rotatable bonds is 8. The summed E-state index contributed by atoms with van der Waals surface area (Å²) in [6, 6.07) is 6.36. The number of morpholine rings is 1. The highest BCUT2D eigenvalue weighted by Gasteiger charge is 2.25. The van der Waals surface area contributed by atoms with Gasteiger partial charge >= 0.3 is 0 Å². The molecule has 0 aromatic heterocycles. The molecular formula is C20H33Cl2N3O4. The van der Waals surface area contributed by atoms with Gasteiger partial charge in [-0.3, -0.25) is 9.69 Å². The molecule has 1 aromatic rings. The van der Waals surface area contributed by atoms with Gasteiger partial charge in [-0.2, -0.15) is 0 Å². The molecule has 2 atom stereocenters. The molecule has 2 aliphatic rings. The Morgan fingerprint density at radius 2 is 1.97 bits per heavy atom. The number of hydrogen-bond acceptors (Lipinski definition) is 6. The van der Waals surface area contributed by atoms with E-state index in [1.807, 2.05) is 18.2 Å². The molecule has 1 amide bonds. The van der Waals surface area contributed by atoms with Gasteiger partial charge in [-0.1, -0.05) is 6.07 Å². The second kappa shape index (κ2) is 13.1. The summed E-state index contributed by atoms with van der Waals surface area (Å²) in [5, 5.41) is 6.52. The van der Waals surface area contributed by atoms with Crippen molar-refractivity contribution in [3.8, 4) is 11.5 Å². The third kappa shape index (κ3) is 7.19. The largest absolute Gasteiger partial charge is 0.493 e. The molecule has 0 aliphatic carbocycles. The van der Waals surface area contributed by atoms with Crippen molar-refractivity contribution < 1.29 is 19.0 Å². The number of amides is 1. The Kier molecular flexibility index (Phi) is 11.7. The van der Waals surface area contributed by atoms with E-state index in [-0.39, 0.29) is 36.8 Å². The van der Waals surface area contributed by atoms with Crippen molar-refractivity contribution in [3.05, 3.63) is 23.8 Å². The molecule has 1 aromatic carbocycles. The first-order valence-corrected chi connectivity index (χ1v) is 9.75. The fourth-order valence-electron chi connectivity index (χ4n) is 3.84. The predicted molar refractivity (Wildman–Crippen MR) is 118 cm³/mol. The van der Waals surface area contributed by atoms with Gasteiger partial charge in [0.25, 0.3) is 0 Å². The molecule has 3 rings (SSSR count). The van der Waals surface area contributed by atoms with E-state index in [0.717, 1.165) is 38.0 Å². The highest BCUT2D eigenvalue weighted by molar-refractivity contribution is 5.85. The van der Waals surface area contributed by atoms with Crippen LogP contribution < -0.4 is 20.1 Å². The molecule has 2 heterocycles. The average Bonchev–Trinajstić information content (AvgIpc) is 3.21. The van der Waals surface area contributed by atoms with Gasteiger partial charge in [-0.25, -0.2) is 0 Å². The van der Waals surface area contributed by atoms with Crippen LogP contribution in [0.25, 0.3) is 0 Å². The second-order valence-corrected chi connectivity index (χ2v) is 7.08. The maximum atomic E-state index is 12.4. The SMILES string of the molecule is COc1ccc(C(CNC(=O)CC2CCCN2)N2CCOCC2)cc1OC.Cl.Cl. The van der Waals surface area contributed by atoms with Gasteiger partial charge < -0.3 is 24.8 Å². The predicted octanol–water partition coefficient (Wildman–Crippen LogP) is 2.18. The highest BCUT2D eigenvalue weighted by atomic mass is 35.5. The van der Waals surface area contributed by atoms with Gasteiger partial charge in [0.15, 0.2) is 11.5 Å². The topological polar surface area (TPSA) is 72.1 Å².